The molecule has 0 aliphatic heterocycles. The zero-order chi connectivity index (χ0) is 14.1. The molecule has 0 bridgehead atoms. The van der Waals surface area contributed by atoms with Gasteiger partial charge in [0.15, 0.2) is 0 Å². The molecule has 2 heteroatoms. The molecule has 0 spiro atoms. The lowest BCUT2D eigenvalue weighted by atomic mass is 9.86. The number of hydrogen-bond donors (Lipinski definition) is 2. The maximum Gasteiger partial charge on any atom is 0.0471 e. The van der Waals surface area contributed by atoms with Gasteiger partial charge in [-0.2, -0.15) is 0 Å². The van der Waals surface area contributed by atoms with E-state index in [0.29, 0.717) is 12.5 Å². The Morgan fingerprint density at radius 2 is 1.84 bits per heavy atom. The number of aliphatic hydroxyl groups excluding tert-OH is 1. The summed E-state index contributed by atoms with van der Waals surface area (Å²) in [7, 11) is 0. The smallest absolute Gasteiger partial charge is 0.0471 e. The molecule has 0 saturated heterocycles. The second-order valence-electron chi connectivity index (χ2n) is 5.47. The van der Waals surface area contributed by atoms with E-state index in [1.54, 1.807) is 0 Å². The van der Waals surface area contributed by atoms with E-state index >= 15 is 0 Å². The highest BCUT2D eigenvalue weighted by Gasteiger charge is 2.15. The molecule has 1 aromatic carbocycles. The van der Waals surface area contributed by atoms with Crippen LogP contribution in [0.5, 0.6) is 0 Å². The molecular formula is C17H29NO. The van der Waals surface area contributed by atoms with Crippen LogP contribution in [0.25, 0.3) is 0 Å². The number of rotatable bonds is 9. The van der Waals surface area contributed by atoms with E-state index in [-0.39, 0.29) is 12.5 Å². The Bertz CT molecular complexity index is 330. The van der Waals surface area contributed by atoms with E-state index in [1.807, 2.05) is 0 Å². The highest BCUT2D eigenvalue weighted by Crippen LogP contribution is 2.27. The largest absolute Gasteiger partial charge is 0.396 e. The quantitative estimate of drug-likeness (QED) is 0.716. The molecule has 0 saturated carbocycles. The highest BCUT2D eigenvalue weighted by atomic mass is 16.3. The Kier molecular flexibility index (Phi) is 7.76. The number of hydrogen-bond acceptors (Lipinski definition) is 2. The average molecular weight is 263 g/mol. The average Bonchev–Trinajstić information content (AvgIpc) is 2.47. The fraction of sp³-hybridized carbons (Fsp3) is 0.647. The molecule has 2 unspecified atom stereocenters. The van der Waals surface area contributed by atoms with E-state index in [9.17, 15) is 5.11 Å². The topological polar surface area (TPSA) is 46.2 Å². The molecule has 2 atom stereocenters. The van der Waals surface area contributed by atoms with Crippen LogP contribution in [-0.4, -0.2) is 18.3 Å². The van der Waals surface area contributed by atoms with E-state index in [1.165, 1.54) is 30.4 Å². The summed E-state index contributed by atoms with van der Waals surface area (Å²) in [6, 6.07) is 9.02. The summed E-state index contributed by atoms with van der Waals surface area (Å²) in [5.74, 6) is 0.741. The van der Waals surface area contributed by atoms with Crippen molar-refractivity contribution in [2.45, 2.75) is 51.9 Å². The van der Waals surface area contributed by atoms with Gasteiger partial charge in [-0.15, -0.1) is 0 Å². The van der Waals surface area contributed by atoms with Gasteiger partial charge in [0.2, 0.25) is 0 Å². The van der Waals surface area contributed by atoms with Crippen molar-refractivity contribution in [3.63, 3.8) is 0 Å². The van der Waals surface area contributed by atoms with Crippen LogP contribution in [-0.2, 0) is 6.42 Å². The van der Waals surface area contributed by atoms with Gasteiger partial charge in [-0.25, -0.2) is 0 Å². The van der Waals surface area contributed by atoms with Crippen molar-refractivity contribution >= 4 is 0 Å². The molecule has 0 aromatic heterocycles. The first-order valence-electron chi connectivity index (χ1n) is 7.64. The number of unbranched alkanes of at least 4 members (excludes halogenated alkanes) is 1. The number of nitrogens with two attached hydrogens (primary N) is 1. The van der Waals surface area contributed by atoms with Crippen LogP contribution in [0.1, 0.15) is 56.6 Å². The fourth-order valence-corrected chi connectivity index (χ4v) is 2.52. The molecule has 0 aliphatic carbocycles. The second-order valence-corrected chi connectivity index (χ2v) is 5.47. The minimum absolute atomic E-state index is 0.196. The minimum Gasteiger partial charge on any atom is -0.396 e. The van der Waals surface area contributed by atoms with Crippen molar-refractivity contribution in [3.8, 4) is 0 Å². The van der Waals surface area contributed by atoms with E-state index < -0.39 is 0 Å². The Hall–Kier alpha value is -0.860. The molecule has 0 heterocycles. The SMILES string of the molecule is CCCCc1ccc(C(CC)CC(CN)CO)cc1. The van der Waals surface area contributed by atoms with Crippen LogP contribution in [0, 0.1) is 5.92 Å². The summed E-state index contributed by atoms with van der Waals surface area (Å²) in [6.45, 7) is 5.20. The molecule has 3 N–H and O–H groups in total. The second kappa shape index (κ2) is 9.11. The van der Waals surface area contributed by atoms with Crippen molar-refractivity contribution in [1.82, 2.24) is 0 Å². The van der Waals surface area contributed by atoms with Crippen molar-refractivity contribution in [3.05, 3.63) is 35.4 Å². The van der Waals surface area contributed by atoms with Crippen LogP contribution >= 0.6 is 0 Å². The van der Waals surface area contributed by atoms with Gasteiger partial charge >= 0.3 is 0 Å². The van der Waals surface area contributed by atoms with Crippen molar-refractivity contribution in [2.24, 2.45) is 11.7 Å². The lowest BCUT2D eigenvalue weighted by molar-refractivity contribution is 0.214. The van der Waals surface area contributed by atoms with Gasteiger partial charge in [-0.3, -0.25) is 0 Å². The molecule has 2 nitrogen and oxygen atoms in total. The van der Waals surface area contributed by atoms with Gasteiger partial charge in [-0.1, -0.05) is 44.5 Å². The first-order chi connectivity index (χ1) is 9.24. The zero-order valence-electron chi connectivity index (χ0n) is 12.4. The molecule has 0 amide bonds. The Morgan fingerprint density at radius 1 is 1.16 bits per heavy atom. The van der Waals surface area contributed by atoms with Crippen LogP contribution in [0.15, 0.2) is 24.3 Å². The summed E-state index contributed by atoms with van der Waals surface area (Å²) in [6.07, 6.45) is 5.77. The summed E-state index contributed by atoms with van der Waals surface area (Å²) >= 11 is 0. The predicted octanol–water partition coefficient (Wildman–Crippen LogP) is 3.48. The molecule has 108 valence electrons. The van der Waals surface area contributed by atoms with Gasteiger partial charge in [-0.05, 0) is 55.2 Å². The maximum atomic E-state index is 9.28. The highest BCUT2D eigenvalue weighted by molar-refractivity contribution is 5.25. The first-order valence-corrected chi connectivity index (χ1v) is 7.64. The van der Waals surface area contributed by atoms with Crippen molar-refractivity contribution in [2.75, 3.05) is 13.2 Å². The van der Waals surface area contributed by atoms with Gasteiger partial charge in [0.1, 0.15) is 0 Å². The molecule has 19 heavy (non-hydrogen) atoms. The maximum absolute atomic E-state index is 9.28. The molecule has 1 aromatic rings. The molecule has 0 fully saturated rings. The van der Waals surface area contributed by atoms with Gasteiger partial charge < -0.3 is 10.8 Å². The van der Waals surface area contributed by atoms with Crippen LogP contribution < -0.4 is 5.73 Å². The Balaban J connectivity index is 2.65. The molecule has 1 rings (SSSR count). The van der Waals surface area contributed by atoms with Crippen molar-refractivity contribution in [1.29, 1.82) is 0 Å². The van der Waals surface area contributed by atoms with E-state index in [2.05, 4.69) is 38.1 Å². The van der Waals surface area contributed by atoms with Crippen LogP contribution in [0.4, 0.5) is 0 Å². The number of aliphatic hydroxyl groups is 1. The van der Waals surface area contributed by atoms with Gasteiger partial charge in [0.05, 0.1) is 0 Å². The lowest BCUT2D eigenvalue weighted by Crippen LogP contribution is -2.20. The Labute approximate surface area is 118 Å². The monoisotopic (exact) mass is 263 g/mol. The van der Waals surface area contributed by atoms with Gasteiger partial charge in [0, 0.05) is 6.61 Å². The molecule has 0 radical (unpaired) electrons. The summed E-state index contributed by atoms with van der Waals surface area (Å²) in [4.78, 5) is 0. The molecular weight excluding hydrogens is 234 g/mol. The predicted molar refractivity (Wildman–Crippen MR) is 82.3 cm³/mol. The fourth-order valence-electron chi connectivity index (χ4n) is 2.52. The molecule has 0 aliphatic rings. The third kappa shape index (κ3) is 5.33. The first kappa shape index (κ1) is 16.2. The summed E-state index contributed by atoms with van der Waals surface area (Å²) in [5, 5.41) is 9.28. The summed E-state index contributed by atoms with van der Waals surface area (Å²) < 4.78 is 0. The van der Waals surface area contributed by atoms with E-state index in [0.717, 1.165) is 12.8 Å². The Morgan fingerprint density at radius 3 is 2.32 bits per heavy atom. The third-order valence-corrected chi connectivity index (χ3v) is 3.97. The zero-order valence-corrected chi connectivity index (χ0v) is 12.4. The van der Waals surface area contributed by atoms with E-state index in [4.69, 9.17) is 5.73 Å². The normalized spacial score (nSPS) is 14.3. The van der Waals surface area contributed by atoms with Crippen molar-refractivity contribution < 1.29 is 5.11 Å². The third-order valence-electron chi connectivity index (χ3n) is 3.97. The van der Waals surface area contributed by atoms with Crippen LogP contribution in [0.3, 0.4) is 0 Å². The number of benzene rings is 1. The lowest BCUT2D eigenvalue weighted by Gasteiger charge is -2.20. The van der Waals surface area contributed by atoms with Crippen LogP contribution in [0.2, 0.25) is 0 Å². The number of aryl methyl sites for hydroxylation is 1. The standard InChI is InChI=1S/C17H29NO/c1-3-5-6-14-7-9-17(10-8-14)16(4-2)11-15(12-18)13-19/h7-10,15-16,19H,3-6,11-13,18H2,1-2H3. The summed E-state index contributed by atoms with van der Waals surface area (Å²) in [5.41, 5.74) is 8.50. The minimum atomic E-state index is 0.196. The van der Waals surface area contributed by atoms with Gasteiger partial charge in [0.25, 0.3) is 0 Å².